The molecule has 1 saturated heterocycles. The maximum absolute atomic E-state index is 12.3. The van der Waals surface area contributed by atoms with Gasteiger partial charge in [-0.2, -0.15) is 0 Å². The van der Waals surface area contributed by atoms with Gasteiger partial charge in [0.15, 0.2) is 0 Å². The third-order valence-electron chi connectivity index (χ3n) is 4.25. The molecule has 0 radical (unpaired) electrons. The van der Waals surface area contributed by atoms with E-state index in [1.165, 1.54) is 12.3 Å². The molecule has 1 aromatic carbocycles. The first kappa shape index (κ1) is 17.0. The molecule has 1 fully saturated rings. The minimum atomic E-state index is -0.235. The predicted octanol–water partition coefficient (Wildman–Crippen LogP) is 2.70. The van der Waals surface area contributed by atoms with Crippen LogP contribution in [0.2, 0.25) is 5.15 Å². The first-order valence-corrected chi connectivity index (χ1v) is 8.77. The summed E-state index contributed by atoms with van der Waals surface area (Å²) in [6.07, 6.45) is 1.51. The maximum atomic E-state index is 12.3. The molecule has 0 spiro atoms. The van der Waals surface area contributed by atoms with Crippen molar-refractivity contribution < 1.29 is 9.53 Å². The summed E-state index contributed by atoms with van der Waals surface area (Å²) in [6, 6.07) is 8.76. The molecule has 0 atom stereocenters. The lowest BCUT2D eigenvalue weighted by Crippen LogP contribution is -2.35. The van der Waals surface area contributed by atoms with E-state index >= 15 is 0 Å². The van der Waals surface area contributed by atoms with Crippen LogP contribution < -0.4 is 5.32 Å². The molecule has 0 unspecified atom stereocenters. The molecule has 26 heavy (non-hydrogen) atoms. The monoisotopic (exact) mass is 371 g/mol. The largest absolute Gasteiger partial charge is 0.379 e. The van der Waals surface area contributed by atoms with Crippen LogP contribution in [-0.2, 0) is 11.3 Å². The summed E-state index contributed by atoms with van der Waals surface area (Å²) in [5, 5.41) is 3.15. The molecule has 2 N–H and O–H groups in total. The van der Waals surface area contributed by atoms with Crippen molar-refractivity contribution in [3.63, 3.8) is 0 Å². The van der Waals surface area contributed by atoms with Gasteiger partial charge in [0.2, 0.25) is 0 Å². The Morgan fingerprint density at radius 3 is 2.92 bits per heavy atom. The number of aromatic nitrogens is 3. The van der Waals surface area contributed by atoms with Crippen molar-refractivity contribution in [2.24, 2.45) is 0 Å². The van der Waals surface area contributed by atoms with Gasteiger partial charge in [0, 0.05) is 30.5 Å². The number of anilines is 1. The van der Waals surface area contributed by atoms with Crippen LogP contribution in [-0.4, -0.2) is 52.1 Å². The number of hydrogen-bond acceptors (Lipinski definition) is 5. The van der Waals surface area contributed by atoms with Crippen molar-refractivity contribution in [2.75, 3.05) is 31.6 Å². The Hall–Kier alpha value is -2.48. The van der Waals surface area contributed by atoms with E-state index in [0.29, 0.717) is 11.3 Å². The second kappa shape index (κ2) is 7.41. The average molecular weight is 372 g/mol. The predicted molar refractivity (Wildman–Crippen MR) is 99.4 cm³/mol. The number of aromatic amines is 1. The highest BCUT2D eigenvalue weighted by molar-refractivity contribution is 6.29. The number of hydrogen-bond donors (Lipinski definition) is 2. The molecular weight excluding hydrogens is 354 g/mol. The number of rotatable bonds is 4. The minimum Gasteiger partial charge on any atom is -0.379 e. The number of morpholine rings is 1. The maximum Gasteiger partial charge on any atom is 0.255 e. The van der Waals surface area contributed by atoms with E-state index < -0.39 is 0 Å². The highest BCUT2D eigenvalue weighted by atomic mass is 35.5. The fraction of sp³-hybridized carbons (Fsp3) is 0.278. The van der Waals surface area contributed by atoms with E-state index in [2.05, 4.69) is 25.2 Å². The van der Waals surface area contributed by atoms with Gasteiger partial charge in [-0.15, -0.1) is 0 Å². The number of fused-ring (bicyclic) bond motifs is 1. The van der Waals surface area contributed by atoms with Crippen LogP contribution in [0.1, 0.15) is 16.2 Å². The van der Waals surface area contributed by atoms with Crippen molar-refractivity contribution in [3.8, 4) is 0 Å². The molecule has 0 saturated carbocycles. The molecule has 1 aliphatic rings. The Morgan fingerprint density at radius 1 is 1.27 bits per heavy atom. The van der Waals surface area contributed by atoms with E-state index in [1.54, 1.807) is 6.07 Å². The van der Waals surface area contributed by atoms with Gasteiger partial charge >= 0.3 is 0 Å². The van der Waals surface area contributed by atoms with E-state index in [4.69, 9.17) is 16.3 Å². The summed E-state index contributed by atoms with van der Waals surface area (Å²) in [5.74, 6) is 0.674. The number of carbonyl (C=O) groups excluding carboxylic acids is 1. The van der Waals surface area contributed by atoms with Gasteiger partial charge < -0.3 is 15.0 Å². The van der Waals surface area contributed by atoms with Crippen molar-refractivity contribution >= 4 is 34.2 Å². The van der Waals surface area contributed by atoms with E-state index in [9.17, 15) is 4.79 Å². The molecule has 1 amide bonds. The Morgan fingerprint density at radius 2 is 2.12 bits per heavy atom. The second-order valence-corrected chi connectivity index (χ2v) is 6.51. The molecule has 3 heterocycles. The number of benzene rings is 1. The fourth-order valence-electron chi connectivity index (χ4n) is 2.93. The number of H-pyrrole nitrogens is 1. The number of nitrogens with zero attached hydrogens (tertiary/aromatic N) is 3. The first-order chi connectivity index (χ1) is 12.7. The average Bonchev–Trinajstić information content (AvgIpc) is 3.04. The zero-order valence-corrected chi connectivity index (χ0v) is 14.8. The van der Waals surface area contributed by atoms with Gasteiger partial charge in [0.1, 0.15) is 11.0 Å². The number of ether oxygens (including phenoxy) is 1. The molecule has 3 aromatic rings. The van der Waals surface area contributed by atoms with Crippen molar-refractivity contribution in [3.05, 3.63) is 53.1 Å². The van der Waals surface area contributed by atoms with Crippen LogP contribution in [0.3, 0.4) is 0 Å². The summed E-state index contributed by atoms with van der Waals surface area (Å²) >= 11 is 5.84. The Balaban J connectivity index is 1.49. The SMILES string of the molecule is O=C(Nc1ccc2nc(CN3CCOCC3)[nH]c2c1)c1ccnc(Cl)c1. The molecule has 1 aliphatic heterocycles. The third-order valence-corrected chi connectivity index (χ3v) is 4.46. The topological polar surface area (TPSA) is 83.1 Å². The van der Waals surface area contributed by atoms with Crippen molar-refractivity contribution in [1.82, 2.24) is 19.9 Å². The molecule has 7 nitrogen and oxygen atoms in total. The molecule has 0 aliphatic carbocycles. The summed E-state index contributed by atoms with van der Waals surface area (Å²) in [4.78, 5) is 26.5. The van der Waals surface area contributed by atoms with Crippen LogP contribution in [0.25, 0.3) is 11.0 Å². The van der Waals surface area contributed by atoms with Gasteiger partial charge in [-0.1, -0.05) is 11.6 Å². The molecule has 134 valence electrons. The molecule has 0 bridgehead atoms. The Kier molecular flexibility index (Phi) is 4.83. The number of nitrogens with one attached hydrogen (secondary N) is 2. The van der Waals surface area contributed by atoms with Gasteiger partial charge in [-0.3, -0.25) is 9.69 Å². The van der Waals surface area contributed by atoms with Crippen molar-refractivity contribution in [2.45, 2.75) is 6.54 Å². The smallest absolute Gasteiger partial charge is 0.255 e. The lowest BCUT2D eigenvalue weighted by molar-refractivity contribution is 0.0332. The normalized spacial score (nSPS) is 15.3. The second-order valence-electron chi connectivity index (χ2n) is 6.13. The van der Waals surface area contributed by atoms with Gasteiger partial charge in [-0.05, 0) is 30.3 Å². The minimum absolute atomic E-state index is 0.235. The number of halogens is 1. The highest BCUT2D eigenvalue weighted by Gasteiger charge is 2.13. The lowest BCUT2D eigenvalue weighted by atomic mass is 10.2. The number of imidazole rings is 1. The fourth-order valence-corrected chi connectivity index (χ4v) is 3.11. The molecular formula is C18H18ClN5O2. The first-order valence-electron chi connectivity index (χ1n) is 8.39. The summed E-state index contributed by atoms with van der Waals surface area (Å²) in [6.45, 7) is 4.10. The van der Waals surface area contributed by atoms with E-state index in [-0.39, 0.29) is 11.1 Å². The van der Waals surface area contributed by atoms with E-state index in [0.717, 1.165) is 49.7 Å². The van der Waals surface area contributed by atoms with Crippen LogP contribution in [0.4, 0.5) is 5.69 Å². The molecule has 4 rings (SSSR count). The van der Waals surface area contributed by atoms with Crippen LogP contribution in [0.15, 0.2) is 36.5 Å². The standard InChI is InChI=1S/C18H18ClN5O2/c19-16-9-12(3-4-20-16)18(25)21-13-1-2-14-15(10-13)23-17(22-14)11-24-5-7-26-8-6-24/h1-4,9-10H,5-8,11H2,(H,21,25)(H,22,23). The van der Waals surface area contributed by atoms with Gasteiger partial charge in [0.05, 0.1) is 30.8 Å². The third kappa shape index (κ3) is 3.85. The van der Waals surface area contributed by atoms with Crippen molar-refractivity contribution in [1.29, 1.82) is 0 Å². The van der Waals surface area contributed by atoms with Crippen LogP contribution in [0, 0.1) is 0 Å². The number of pyridine rings is 1. The highest BCUT2D eigenvalue weighted by Crippen LogP contribution is 2.19. The van der Waals surface area contributed by atoms with E-state index in [1.807, 2.05) is 18.2 Å². The van der Waals surface area contributed by atoms with Gasteiger partial charge in [-0.25, -0.2) is 9.97 Å². The zero-order chi connectivity index (χ0) is 17.9. The number of amides is 1. The summed E-state index contributed by atoms with van der Waals surface area (Å²) < 4.78 is 5.37. The summed E-state index contributed by atoms with van der Waals surface area (Å²) in [7, 11) is 0. The zero-order valence-electron chi connectivity index (χ0n) is 14.0. The lowest BCUT2D eigenvalue weighted by Gasteiger charge is -2.25. The van der Waals surface area contributed by atoms with Crippen LogP contribution in [0.5, 0.6) is 0 Å². The molecule has 2 aromatic heterocycles. The van der Waals surface area contributed by atoms with Gasteiger partial charge in [0.25, 0.3) is 5.91 Å². The Labute approximate surface area is 155 Å². The number of carbonyl (C=O) groups is 1. The molecule has 8 heteroatoms. The Bertz CT molecular complexity index is 936. The summed E-state index contributed by atoms with van der Waals surface area (Å²) in [5.41, 5.74) is 2.91. The van der Waals surface area contributed by atoms with Crippen LogP contribution >= 0.6 is 11.6 Å². The quantitative estimate of drug-likeness (QED) is 0.689.